The SMILES string of the molecule is CN(C)Cc1ccc(C(=O)ON2C(=O)c3ccccc3C2=O)cn1. The number of amides is 2. The van der Waals surface area contributed by atoms with Gasteiger partial charge in [-0.05, 0) is 38.4 Å². The fraction of sp³-hybridized carbons (Fsp3) is 0.176. The van der Waals surface area contributed by atoms with Crippen molar-refractivity contribution in [1.82, 2.24) is 14.9 Å². The molecule has 0 saturated heterocycles. The van der Waals surface area contributed by atoms with E-state index in [1.807, 2.05) is 19.0 Å². The fourth-order valence-electron chi connectivity index (χ4n) is 2.35. The molecule has 1 aliphatic heterocycles. The zero-order chi connectivity index (χ0) is 17.3. The van der Waals surface area contributed by atoms with Crippen LogP contribution in [0, 0.1) is 0 Å². The van der Waals surface area contributed by atoms with E-state index in [0.29, 0.717) is 11.6 Å². The summed E-state index contributed by atoms with van der Waals surface area (Å²) in [6, 6.07) is 9.55. The normalized spacial score (nSPS) is 13.4. The Morgan fingerprint density at radius 1 is 1.08 bits per heavy atom. The molecule has 2 amide bonds. The van der Waals surface area contributed by atoms with Gasteiger partial charge in [-0.25, -0.2) is 4.79 Å². The number of fused-ring (bicyclic) bond motifs is 1. The second-order valence-electron chi connectivity index (χ2n) is 5.61. The minimum absolute atomic E-state index is 0.161. The lowest BCUT2D eigenvalue weighted by atomic mass is 10.1. The maximum Gasteiger partial charge on any atom is 0.365 e. The fourth-order valence-corrected chi connectivity index (χ4v) is 2.35. The molecule has 0 radical (unpaired) electrons. The van der Waals surface area contributed by atoms with Crippen LogP contribution in [0.5, 0.6) is 0 Å². The summed E-state index contributed by atoms with van der Waals surface area (Å²) in [5, 5.41) is 0.487. The summed E-state index contributed by atoms with van der Waals surface area (Å²) in [5.74, 6) is -2.12. The third-order valence-corrected chi connectivity index (χ3v) is 3.47. The lowest BCUT2D eigenvalue weighted by Crippen LogP contribution is -2.32. The van der Waals surface area contributed by atoms with Gasteiger partial charge in [0.1, 0.15) is 0 Å². The van der Waals surface area contributed by atoms with Crippen LogP contribution >= 0.6 is 0 Å². The first-order valence-electron chi connectivity index (χ1n) is 7.27. The van der Waals surface area contributed by atoms with Gasteiger partial charge < -0.3 is 9.74 Å². The summed E-state index contributed by atoms with van der Waals surface area (Å²) in [6.07, 6.45) is 1.36. The maximum absolute atomic E-state index is 12.2. The summed E-state index contributed by atoms with van der Waals surface area (Å²) in [5.41, 5.74) is 1.39. The van der Waals surface area contributed by atoms with Crippen LogP contribution in [0.3, 0.4) is 0 Å². The molecule has 0 spiro atoms. The van der Waals surface area contributed by atoms with Crippen molar-refractivity contribution in [1.29, 1.82) is 0 Å². The summed E-state index contributed by atoms with van der Waals surface area (Å²) in [6.45, 7) is 0.633. The molecule has 1 aliphatic rings. The van der Waals surface area contributed by atoms with E-state index in [0.717, 1.165) is 5.69 Å². The van der Waals surface area contributed by atoms with Gasteiger partial charge in [0.25, 0.3) is 11.8 Å². The molecular weight excluding hydrogens is 310 g/mol. The second kappa shape index (κ2) is 6.21. The van der Waals surface area contributed by atoms with Gasteiger partial charge in [0.2, 0.25) is 0 Å². The number of nitrogens with zero attached hydrogens (tertiary/aromatic N) is 3. The predicted octanol–water partition coefficient (Wildman–Crippen LogP) is 1.51. The molecule has 7 nitrogen and oxygen atoms in total. The summed E-state index contributed by atoms with van der Waals surface area (Å²) in [7, 11) is 3.82. The minimum atomic E-state index is -0.812. The van der Waals surface area contributed by atoms with Crippen LogP contribution in [-0.2, 0) is 11.4 Å². The number of benzene rings is 1. The zero-order valence-corrected chi connectivity index (χ0v) is 13.2. The van der Waals surface area contributed by atoms with Gasteiger partial charge in [-0.2, -0.15) is 0 Å². The Morgan fingerprint density at radius 3 is 2.21 bits per heavy atom. The highest BCUT2D eigenvalue weighted by Gasteiger charge is 2.38. The maximum atomic E-state index is 12.2. The Bertz CT molecular complexity index is 780. The van der Waals surface area contributed by atoms with Gasteiger partial charge >= 0.3 is 5.97 Å². The van der Waals surface area contributed by atoms with Gasteiger partial charge in [-0.3, -0.25) is 14.6 Å². The molecule has 2 aromatic rings. The number of hydrogen-bond acceptors (Lipinski definition) is 6. The van der Waals surface area contributed by atoms with E-state index in [1.165, 1.54) is 18.3 Å². The standard InChI is InChI=1S/C17H15N3O4/c1-19(2)10-12-8-7-11(9-18-12)17(23)24-20-15(21)13-5-3-4-6-14(13)16(20)22/h3-9H,10H2,1-2H3. The van der Waals surface area contributed by atoms with Gasteiger partial charge in [0.15, 0.2) is 0 Å². The predicted molar refractivity (Wildman–Crippen MR) is 84.0 cm³/mol. The van der Waals surface area contributed by atoms with Crippen LogP contribution < -0.4 is 0 Å². The highest BCUT2D eigenvalue weighted by molar-refractivity contribution is 6.21. The number of carbonyl (C=O) groups is 3. The van der Waals surface area contributed by atoms with Crippen molar-refractivity contribution in [2.75, 3.05) is 14.1 Å². The molecule has 1 aromatic carbocycles. The molecule has 122 valence electrons. The molecule has 7 heteroatoms. The van der Waals surface area contributed by atoms with Crippen molar-refractivity contribution >= 4 is 17.8 Å². The van der Waals surface area contributed by atoms with Crippen molar-refractivity contribution < 1.29 is 19.2 Å². The molecular formula is C17H15N3O4. The van der Waals surface area contributed by atoms with Crippen molar-refractivity contribution in [3.63, 3.8) is 0 Å². The molecule has 0 aliphatic carbocycles. The van der Waals surface area contributed by atoms with E-state index < -0.39 is 17.8 Å². The molecule has 0 bridgehead atoms. The Balaban J connectivity index is 1.74. The van der Waals surface area contributed by atoms with E-state index in [-0.39, 0.29) is 16.7 Å². The highest BCUT2D eigenvalue weighted by Crippen LogP contribution is 2.23. The first-order chi connectivity index (χ1) is 11.5. The van der Waals surface area contributed by atoms with Crippen molar-refractivity contribution in [2.45, 2.75) is 6.54 Å². The summed E-state index contributed by atoms with van der Waals surface area (Å²) in [4.78, 5) is 47.5. The van der Waals surface area contributed by atoms with Gasteiger partial charge in [-0.15, -0.1) is 0 Å². The third-order valence-electron chi connectivity index (χ3n) is 3.47. The van der Waals surface area contributed by atoms with E-state index in [4.69, 9.17) is 4.84 Å². The van der Waals surface area contributed by atoms with Crippen molar-refractivity contribution in [3.05, 3.63) is 65.0 Å². The smallest absolute Gasteiger partial charge is 0.324 e. The number of carbonyl (C=O) groups excluding carboxylic acids is 3. The Kier molecular flexibility index (Phi) is 4.09. The average Bonchev–Trinajstić information content (AvgIpc) is 2.80. The number of aromatic nitrogens is 1. The Hall–Kier alpha value is -3.06. The third kappa shape index (κ3) is 2.89. The number of rotatable bonds is 4. The van der Waals surface area contributed by atoms with E-state index >= 15 is 0 Å². The van der Waals surface area contributed by atoms with Gasteiger partial charge in [0, 0.05) is 12.7 Å². The molecule has 2 heterocycles. The topological polar surface area (TPSA) is 79.8 Å². The molecule has 1 aromatic heterocycles. The number of pyridine rings is 1. The van der Waals surface area contributed by atoms with Crippen LogP contribution in [0.25, 0.3) is 0 Å². The largest absolute Gasteiger partial charge is 0.365 e. The lowest BCUT2D eigenvalue weighted by molar-refractivity contribution is -0.0584. The molecule has 0 atom stereocenters. The first kappa shape index (κ1) is 15.8. The zero-order valence-electron chi connectivity index (χ0n) is 13.2. The van der Waals surface area contributed by atoms with Crippen LogP contribution in [0.15, 0.2) is 42.6 Å². The molecule has 0 fully saturated rings. The summed E-state index contributed by atoms with van der Waals surface area (Å²) >= 11 is 0. The molecule has 0 N–H and O–H groups in total. The average molecular weight is 325 g/mol. The molecule has 24 heavy (non-hydrogen) atoms. The number of hydroxylamine groups is 2. The van der Waals surface area contributed by atoms with Crippen LogP contribution in [0.4, 0.5) is 0 Å². The number of hydrogen-bond donors (Lipinski definition) is 0. The van der Waals surface area contributed by atoms with Crippen LogP contribution in [-0.4, -0.2) is 46.8 Å². The Morgan fingerprint density at radius 2 is 1.71 bits per heavy atom. The number of imide groups is 1. The van der Waals surface area contributed by atoms with Crippen LogP contribution in [0.2, 0.25) is 0 Å². The van der Waals surface area contributed by atoms with Gasteiger partial charge in [-0.1, -0.05) is 17.2 Å². The quantitative estimate of drug-likeness (QED) is 0.793. The van der Waals surface area contributed by atoms with E-state index in [1.54, 1.807) is 24.3 Å². The highest BCUT2D eigenvalue weighted by atomic mass is 16.7. The molecule has 0 saturated carbocycles. The lowest BCUT2D eigenvalue weighted by Gasteiger charge is -2.13. The van der Waals surface area contributed by atoms with E-state index in [9.17, 15) is 14.4 Å². The van der Waals surface area contributed by atoms with Crippen molar-refractivity contribution in [3.8, 4) is 0 Å². The van der Waals surface area contributed by atoms with E-state index in [2.05, 4.69) is 4.98 Å². The van der Waals surface area contributed by atoms with Crippen LogP contribution in [0.1, 0.15) is 36.8 Å². The molecule has 0 unspecified atom stereocenters. The molecule has 3 rings (SSSR count). The first-order valence-corrected chi connectivity index (χ1v) is 7.27. The Labute approximate surface area is 138 Å². The summed E-state index contributed by atoms with van der Waals surface area (Å²) < 4.78 is 0. The minimum Gasteiger partial charge on any atom is -0.324 e. The van der Waals surface area contributed by atoms with Crippen molar-refractivity contribution in [2.24, 2.45) is 0 Å². The van der Waals surface area contributed by atoms with Gasteiger partial charge in [0.05, 0.1) is 22.4 Å². The second-order valence-corrected chi connectivity index (χ2v) is 5.61. The monoisotopic (exact) mass is 325 g/mol.